The number of aromatic hydroxyl groups is 2. The molecule has 1 aromatic rings. The summed E-state index contributed by atoms with van der Waals surface area (Å²) >= 11 is 0. The SMILES string of the molecule is CC1(C)CCC2(CO)CCC3(C)C(=CCC4C5(C)CCC(COC(=O)C=Cc6ccc(O)c(O)c6)C(C)(O)C5CCC43C)C2C1. The molecule has 0 bridgehead atoms. The summed E-state index contributed by atoms with van der Waals surface area (Å²) in [6.45, 7) is 14.8. The molecule has 0 aromatic heterocycles. The van der Waals surface area contributed by atoms with Gasteiger partial charge in [0.25, 0.3) is 0 Å². The van der Waals surface area contributed by atoms with Crippen molar-refractivity contribution in [3.05, 3.63) is 41.5 Å². The van der Waals surface area contributed by atoms with Crippen molar-refractivity contribution in [2.75, 3.05) is 13.2 Å². The molecule has 9 unspecified atom stereocenters. The van der Waals surface area contributed by atoms with Crippen LogP contribution in [-0.4, -0.2) is 45.2 Å². The van der Waals surface area contributed by atoms with Crippen molar-refractivity contribution in [1.29, 1.82) is 0 Å². The Labute approximate surface area is 270 Å². The van der Waals surface area contributed by atoms with Gasteiger partial charge >= 0.3 is 5.97 Å². The minimum Gasteiger partial charge on any atom is -0.504 e. The molecule has 6 nitrogen and oxygen atoms in total. The van der Waals surface area contributed by atoms with Crippen LogP contribution in [-0.2, 0) is 9.53 Å². The van der Waals surface area contributed by atoms with E-state index in [1.807, 2.05) is 6.92 Å². The molecule has 5 aliphatic rings. The number of ether oxygens (including phenoxy) is 1. The number of fused-ring (bicyclic) bond motifs is 7. The number of carbonyl (C=O) groups excluding carboxylic acids is 1. The van der Waals surface area contributed by atoms with E-state index in [9.17, 15) is 25.2 Å². The first-order valence-corrected chi connectivity index (χ1v) is 17.4. The van der Waals surface area contributed by atoms with Gasteiger partial charge in [-0.15, -0.1) is 0 Å². The van der Waals surface area contributed by atoms with Crippen LogP contribution in [0.3, 0.4) is 0 Å². The van der Waals surface area contributed by atoms with Crippen LogP contribution < -0.4 is 0 Å². The fourth-order valence-electron chi connectivity index (χ4n) is 11.7. The third kappa shape index (κ3) is 4.99. The molecule has 0 radical (unpaired) electrons. The van der Waals surface area contributed by atoms with Gasteiger partial charge in [-0.1, -0.05) is 52.3 Å². The van der Waals surface area contributed by atoms with Gasteiger partial charge in [0.1, 0.15) is 0 Å². The first-order valence-electron chi connectivity index (χ1n) is 17.4. The second-order valence-electron chi connectivity index (χ2n) is 17.4. The molecule has 9 atom stereocenters. The van der Waals surface area contributed by atoms with E-state index in [1.54, 1.807) is 17.7 Å². The zero-order chi connectivity index (χ0) is 32.6. The highest BCUT2D eigenvalue weighted by atomic mass is 16.5. The van der Waals surface area contributed by atoms with Crippen molar-refractivity contribution < 1.29 is 30.0 Å². The lowest BCUT2D eigenvalue weighted by molar-refractivity contribution is -0.226. The first-order chi connectivity index (χ1) is 21.0. The largest absolute Gasteiger partial charge is 0.504 e. The summed E-state index contributed by atoms with van der Waals surface area (Å²) in [6.07, 6.45) is 16.1. The molecule has 0 amide bonds. The Morgan fingerprint density at radius 1 is 0.933 bits per heavy atom. The predicted octanol–water partition coefficient (Wildman–Crippen LogP) is 7.79. The van der Waals surface area contributed by atoms with E-state index in [0.717, 1.165) is 57.8 Å². The Kier molecular flexibility index (Phi) is 7.88. The maximum absolute atomic E-state index is 12.6. The van der Waals surface area contributed by atoms with Crippen LogP contribution in [0.25, 0.3) is 6.08 Å². The fraction of sp³-hybridized carbons (Fsp3) is 0.718. The Morgan fingerprint density at radius 2 is 1.67 bits per heavy atom. The first kappa shape index (κ1) is 32.6. The standard InChI is InChI=1S/C39H56O6/c1-34(2)17-19-39(24-40)20-18-36(4)27(28(39)22-34)9-11-31-35(3)15-13-26(38(6,44)32(35)14-16-37(31,36)5)23-45-33(43)12-8-25-7-10-29(41)30(42)21-25/h7-10,12,21,26,28,31-32,40-42,44H,11,13-20,22-24H2,1-6H3. The van der Waals surface area contributed by atoms with Crippen molar-refractivity contribution in [1.82, 2.24) is 0 Å². The number of benzene rings is 1. The maximum atomic E-state index is 12.6. The Balaban J connectivity index is 1.20. The summed E-state index contributed by atoms with van der Waals surface area (Å²) in [5.41, 5.74) is 1.82. The number of carbonyl (C=O) groups is 1. The zero-order valence-corrected chi connectivity index (χ0v) is 28.4. The van der Waals surface area contributed by atoms with Crippen LogP contribution in [0.2, 0.25) is 0 Å². The van der Waals surface area contributed by atoms with E-state index in [2.05, 4.69) is 40.7 Å². The van der Waals surface area contributed by atoms with Gasteiger partial charge in [-0.2, -0.15) is 0 Å². The van der Waals surface area contributed by atoms with E-state index in [0.29, 0.717) is 29.4 Å². The molecule has 0 spiro atoms. The lowest BCUT2D eigenvalue weighted by Gasteiger charge is -2.71. The van der Waals surface area contributed by atoms with Gasteiger partial charge in [-0.25, -0.2) is 4.79 Å². The topological polar surface area (TPSA) is 107 Å². The summed E-state index contributed by atoms with van der Waals surface area (Å²) in [4.78, 5) is 12.6. The number of hydrogen-bond donors (Lipinski definition) is 4. The van der Waals surface area contributed by atoms with Crippen LogP contribution in [0.1, 0.15) is 111 Å². The van der Waals surface area contributed by atoms with Gasteiger partial charge < -0.3 is 25.2 Å². The molecule has 4 N–H and O–H groups in total. The van der Waals surface area contributed by atoms with Crippen LogP contribution in [0.4, 0.5) is 0 Å². The molecule has 6 heteroatoms. The highest BCUT2D eigenvalue weighted by Gasteiger charge is 2.68. The van der Waals surface area contributed by atoms with E-state index < -0.39 is 11.6 Å². The molecule has 45 heavy (non-hydrogen) atoms. The van der Waals surface area contributed by atoms with E-state index in [-0.39, 0.29) is 51.6 Å². The highest BCUT2D eigenvalue weighted by molar-refractivity contribution is 5.87. The molecule has 0 aliphatic heterocycles. The van der Waals surface area contributed by atoms with Gasteiger partial charge in [0.2, 0.25) is 0 Å². The second-order valence-corrected chi connectivity index (χ2v) is 17.4. The minimum absolute atomic E-state index is 0.0137. The highest BCUT2D eigenvalue weighted by Crippen LogP contribution is 2.75. The number of esters is 1. The van der Waals surface area contributed by atoms with Crippen molar-refractivity contribution in [2.24, 2.45) is 50.7 Å². The number of hydrogen-bond acceptors (Lipinski definition) is 6. The minimum atomic E-state index is -0.946. The summed E-state index contributed by atoms with van der Waals surface area (Å²) in [6, 6.07) is 4.37. The van der Waals surface area contributed by atoms with E-state index >= 15 is 0 Å². The van der Waals surface area contributed by atoms with Crippen LogP contribution in [0, 0.1) is 50.7 Å². The molecule has 6 rings (SSSR count). The molecular weight excluding hydrogens is 564 g/mol. The third-order valence-corrected chi connectivity index (χ3v) is 14.8. The number of rotatable bonds is 5. The molecular formula is C39H56O6. The summed E-state index contributed by atoms with van der Waals surface area (Å²) in [7, 11) is 0. The van der Waals surface area contributed by atoms with Crippen molar-refractivity contribution >= 4 is 12.0 Å². The van der Waals surface area contributed by atoms with Crippen LogP contribution >= 0.6 is 0 Å². The molecule has 0 heterocycles. The molecule has 0 saturated heterocycles. The molecule has 4 fully saturated rings. The van der Waals surface area contributed by atoms with Gasteiger partial charge in [-0.05, 0) is 134 Å². The lowest BCUT2D eigenvalue weighted by atomic mass is 9.34. The van der Waals surface area contributed by atoms with E-state index in [4.69, 9.17) is 4.74 Å². The van der Waals surface area contributed by atoms with Gasteiger partial charge in [0.15, 0.2) is 11.5 Å². The Bertz CT molecular complexity index is 1390. The second kappa shape index (κ2) is 10.9. The van der Waals surface area contributed by atoms with Crippen molar-refractivity contribution in [3.63, 3.8) is 0 Å². The quantitative estimate of drug-likeness (QED) is 0.116. The molecule has 1 aromatic carbocycles. The van der Waals surface area contributed by atoms with E-state index in [1.165, 1.54) is 24.6 Å². The lowest BCUT2D eigenvalue weighted by Crippen LogP contribution is -2.66. The van der Waals surface area contributed by atoms with Crippen molar-refractivity contribution in [2.45, 2.75) is 111 Å². The number of phenolic OH excluding ortho intramolecular Hbond substituents is 2. The fourth-order valence-corrected chi connectivity index (χ4v) is 11.7. The van der Waals surface area contributed by atoms with Crippen LogP contribution in [0.15, 0.2) is 35.9 Å². The van der Waals surface area contributed by atoms with Gasteiger partial charge in [-0.3, -0.25) is 0 Å². The number of aliphatic hydroxyl groups is 2. The zero-order valence-electron chi connectivity index (χ0n) is 28.4. The summed E-state index contributed by atoms with van der Waals surface area (Å²) < 4.78 is 5.68. The molecule has 5 aliphatic carbocycles. The predicted molar refractivity (Wildman–Crippen MR) is 176 cm³/mol. The number of allylic oxidation sites excluding steroid dienone is 2. The number of aliphatic hydroxyl groups excluding tert-OH is 1. The van der Waals surface area contributed by atoms with Crippen molar-refractivity contribution in [3.8, 4) is 11.5 Å². The smallest absolute Gasteiger partial charge is 0.330 e. The molecule has 4 saturated carbocycles. The average Bonchev–Trinajstić information content (AvgIpc) is 2.97. The molecule has 248 valence electrons. The van der Waals surface area contributed by atoms with Crippen LogP contribution in [0.5, 0.6) is 11.5 Å². The normalized spacial score (nSPS) is 43.8. The maximum Gasteiger partial charge on any atom is 0.330 e. The Hall–Kier alpha value is -2.31. The summed E-state index contributed by atoms with van der Waals surface area (Å²) in [5.74, 6) is -0.0191. The van der Waals surface area contributed by atoms with Gasteiger partial charge in [0.05, 0.1) is 12.2 Å². The van der Waals surface area contributed by atoms with Gasteiger partial charge in [0, 0.05) is 24.0 Å². The summed E-state index contributed by atoms with van der Waals surface area (Å²) in [5, 5.41) is 42.2. The monoisotopic (exact) mass is 620 g/mol. The average molecular weight is 621 g/mol. The third-order valence-electron chi connectivity index (χ3n) is 14.8. The number of phenols is 2. The Morgan fingerprint density at radius 3 is 2.38 bits per heavy atom.